The number of esters is 1. The van der Waals surface area contributed by atoms with E-state index in [1.807, 2.05) is 24.3 Å². The van der Waals surface area contributed by atoms with Gasteiger partial charge in [-0.1, -0.05) is 50.2 Å². The third-order valence-corrected chi connectivity index (χ3v) is 5.59. The lowest BCUT2D eigenvalue weighted by molar-refractivity contribution is 0.0596. The van der Waals surface area contributed by atoms with Crippen molar-refractivity contribution in [2.75, 3.05) is 13.7 Å². The van der Waals surface area contributed by atoms with E-state index in [4.69, 9.17) is 5.73 Å². The quantitative estimate of drug-likeness (QED) is 0.724. The topological polar surface area (TPSA) is 98.5 Å². The lowest BCUT2D eigenvalue weighted by Crippen LogP contribution is -2.32. The number of sulfonamides is 1. The highest BCUT2D eigenvalue weighted by Gasteiger charge is 2.23. The van der Waals surface area contributed by atoms with Crippen molar-refractivity contribution in [2.24, 2.45) is 5.73 Å². The monoisotopic (exact) mass is 376 g/mol. The Labute approximate surface area is 154 Å². The summed E-state index contributed by atoms with van der Waals surface area (Å²) in [5.41, 5.74) is 8.12. The molecule has 0 bridgehead atoms. The van der Waals surface area contributed by atoms with Crippen molar-refractivity contribution in [3.63, 3.8) is 0 Å². The number of benzene rings is 2. The summed E-state index contributed by atoms with van der Waals surface area (Å²) in [5.74, 6) is -0.298. The van der Waals surface area contributed by atoms with Crippen molar-refractivity contribution in [3.05, 3.63) is 65.2 Å². The molecule has 0 aliphatic rings. The second-order valence-electron chi connectivity index (χ2n) is 6.27. The van der Waals surface area contributed by atoms with Gasteiger partial charge in [0.15, 0.2) is 0 Å². The summed E-state index contributed by atoms with van der Waals surface area (Å²) in [6.07, 6.45) is 0. The number of nitrogens with two attached hydrogens (primary N) is 1. The lowest BCUT2D eigenvalue weighted by Gasteiger charge is -2.15. The van der Waals surface area contributed by atoms with Gasteiger partial charge in [0.2, 0.25) is 10.0 Å². The van der Waals surface area contributed by atoms with Crippen molar-refractivity contribution in [2.45, 2.75) is 30.7 Å². The summed E-state index contributed by atoms with van der Waals surface area (Å²) in [4.78, 5) is 11.7. The second-order valence-corrected chi connectivity index (χ2v) is 8.00. The van der Waals surface area contributed by atoms with Crippen LogP contribution in [0.1, 0.15) is 47.3 Å². The smallest absolute Gasteiger partial charge is 0.339 e. The van der Waals surface area contributed by atoms with Crippen molar-refractivity contribution < 1.29 is 17.9 Å². The van der Waals surface area contributed by atoms with Gasteiger partial charge in [0.25, 0.3) is 0 Å². The number of nitrogens with one attached hydrogen (secondary N) is 1. The Kier molecular flexibility index (Phi) is 6.52. The maximum Gasteiger partial charge on any atom is 0.339 e. The van der Waals surface area contributed by atoms with Gasteiger partial charge in [-0.05, 0) is 29.2 Å². The van der Waals surface area contributed by atoms with Crippen molar-refractivity contribution >= 4 is 16.0 Å². The van der Waals surface area contributed by atoms with Gasteiger partial charge in [0, 0.05) is 12.6 Å². The van der Waals surface area contributed by atoms with Crippen molar-refractivity contribution in [3.8, 4) is 0 Å². The Morgan fingerprint density at radius 1 is 1.08 bits per heavy atom. The summed E-state index contributed by atoms with van der Waals surface area (Å²) < 4.78 is 32.3. The maximum atomic E-state index is 12.6. The molecule has 0 heterocycles. The van der Waals surface area contributed by atoms with Crippen LogP contribution in [0.4, 0.5) is 0 Å². The molecule has 2 aromatic carbocycles. The number of ether oxygens (including phenoxy) is 1. The largest absolute Gasteiger partial charge is 0.465 e. The SMILES string of the molecule is COC(=O)c1ccccc1S(=O)(=O)NCC(N)c1ccc(C(C)C)cc1. The molecule has 1 atom stereocenters. The molecule has 0 aromatic heterocycles. The van der Waals surface area contributed by atoms with Gasteiger partial charge in [0.05, 0.1) is 17.6 Å². The molecule has 0 spiro atoms. The molecule has 0 amide bonds. The highest BCUT2D eigenvalue weighted by molar-refractivity contribution is 7.89. The normalized spacial score (nSPS) is 12.8. The number of rotatable bonds is 7. The van der Waals surface area contributed by atoms with E-state index in [2.05, 4.69) is 23.3 Å². The average molecular weight is 376 g/mol. The summed E-state index contributed by atoms with van der Waals surface area (Å²) in [7, 11) is -2.70. The van der Waals surface area contributed by atoms with E-state index < -0.39 is 22.0 Å². The van der Waals surface area contributed by atoms with Gasteiger partial charge in [-0.3, -0.25) is 0 Å². The number of hydrogen-bond donors (Lipinski definition) is 2. The number of hydrogen-bond acceptors (Lipinski definition) is 5. The maximum absolute atomic E-state index is 12.6. The van der Waals surface area contributed by atoms with Crippen molar-refractivity contribution in [1.82, 2.24) is 4.72 Å². The van der Waals surface area contributed by atoms with Crippen molar-refractivity contribution in [1.29, 1.82) is 0 Å². The average Bonchev–Trinajstić information content (AvgIpc) is 2.65. The van der Waals surface area contributed by atoms with Crippen LogP contribution in [0.25, 0.3) is 0 Å². The summed E-state index contributed by atoms with van der Waals surface area (Å²) in [5, 5.41) is 0. The van der Waals surface area contributed by atoms with Gasteiger partial charge < -0.3 is 10.5 Å². The first-order valence-electron chi connectivity index (χ1n) is 8.28. The molecule has 0 saturated carbocycles. The minimum atomic E-state index is -3.90. The summed E-state index contributed by atoms with van der Waals surface area (Å²) >= 11 is 0. The summed E-state index contributed by atoms with van der Waals surface area (Å²) in [6, 6.07) is 13.2. The van der Waals surface area contributed by atoms with Crippen LogP contribution in [0.2, 0.25) is 0 Å². The first kappa shape index (κ1) is 20.1. The van der Waals surface area contributed by atoms with Gasteiger partial charge in [-0.15, -0.1) is 0 Å². The fourth-order valence-corrected chi connectivity index (χ4v) is 3.76. The molecule has 0 saturated heterocycles. The molecular weight excluding hydrogens is 352 g/mol. The molecular formula is C19H24N2O4S. The first-order valence-corrected chi connectivity index (χ1v) is 9.77. The molecule has 1 unspecified atom stereocenters. The van der Waals surface area contributed by atoms with Crippen LogP contribution in [0.15, 0.2) is 53.4 Å². The third kappa shape index (κ3) is 4.69. The molecule has 0 aliphatic heterocycles. The van der Waals surface area contributed by atoms with E-state index in [0.717, 1.165) is 5.56 Å². The fourth-order valence-electron chi connectivity index (χ4n) is 2.50. The van der Waals surface area contributed by atoms with Crippen LogP contribution < -0.4 is 10.5 Å². The zero-order valence-corrected chi connectivity index (χ0v) is 15.9. The van der Waals surface area contributed by atoms with E-state index in [-0.39, 0.29) is 17.0 Å². The Morgan fingerprint density at radius 3 is 2.23 bits per heavy atom. The van der Waals surface area contributed by atoms with E-state index >= 15 is 0 Å². The predicted molar refractivity (Wildman–Crippen MR) is 100 cm³/mol. The zero-order valence-electron chi connectivity index (χ0n) is 15.1. The van der Waals surface area contributed by atoms with Crippen LogP contribution >= 0.6 is 0 Å². The Balaban J connectivity index is 2.14. The highest BCUT2D eigenvalue weighted by Crippen LogP contribution is 2.19. The number of methoxy groups -OCH3 is 1. The minimum Gasteiger partial charge on any atom is -0.465 e. The molecule has 0 aliphatic carbocycles. The zero-order chi connectivity index (χ0) is 19.3. The fraction of sp³-hybridized carbons (Fsp3) is 0.316. The molecule has 140 valence electrons. The molecule has 3 N–H and O–H groups in total. The second kappa shape index (κ2) is 8.44. The van der Waals surface area contributed by atoms with Gasteiger partial charge in [-0.25, -0.2) is 17.9 Å². The molecule has 6 nitrogen and oxygen atoms in total. The highest BCUT2D eigenvalue weighted by atomic mass is 32.2. The van der Waals surface area contributed by atoms with E-state index in [1.54, 1.807) is 12.1 Å². The lowest BCUT2D eigenvalue weighted by atomic mass is 9.99. The van der Waals surface area contributed by atoms with Crippen LogP contribution in [0.3, 0.4) is 0 Å². The Hall–Kier alpha value is -2.22. The standard InChI is InChI=1S/C19H24N2O4S/c1-13(2)14-8-10-15(11-9-14)17(20)12-21-26(23,24)18-7-5-4-6-16(18)19(22)25-3/h4-11,13,17,21H,12,20H2,1-3H3. The summed E-state index contributed by atoms with van der Waals surface area (Å²) in [6.45, 7) is 4.21. The van der Waals surface area contributed by atoms with E-state index in [1.165, 1.54) is 24.8 Å². The van der Waals surface area contributed by atoms with Crippen LogP contribution in [-0.2, 0) is 14.8 Å². The van der Waals surface area contributed by atoms with Gasteiger partial charge in [0.1, 0.15) is 0 Å². The molecule has 2 aromatic rings. The van der Waals surface area contributed by atoms with E-state index in [0.29, 0.717) is 5.92 Å². The molecule has 0 radical (unpaired) electrons. The minimum absolute atomic E-state index is 0.0128. The number of carbonyl (C=O) groups is 1. The van der Waals surface area contributed by atoms with E-state index in [9.17, 15) is 13.2 Å². The van der Waals surface area contributed by atoms with Crippen LogP contribution in [0.5, 0.6) is 0 Å². The molecule has 26 heavy (non-hydrogen) atoms. The van der Waals surface area contributed by atoms with Gasteiger partial charge >= 0.3 is 5.97 Å². The van der Waals surface area contributed by atoms with Gasteiger partial charge in [-0.2, -0.15) is 0 Å². The predicted octanol–water partition coefficient (Wildman–Crippen LogP) is 2.57. The Morgan fingerprint density at radius 2 is 1.65 bits per heavy atom. The third-order valence-electron chi connectivity index (χ3n) is 4.11. The number of carbonyl (C=O) groups excluding carboxylic acids is 1. The Bertz CT molecular complexity index is 861. The molecule has 7 heteroatoms. The first-order chi connectivity index (χ1) is 12.3. The van der Waals surface area contributed by atoms with Crippen LogP contribution in [-0.4, -0.2) is 28.0 Å². The molecule has 0 fully saturated rings. The van der Waals surface area contributed by atoms with Crippen LogP contribution in [0, 0.1) is 0 Å². The molecule has 2 rings (SSSR count).